The predicted octanol–water partition coefficient (Wildman–Crippen LogP) is 1.44. The molecule has 0 aromatic rings. The third kappa shape index (κ3) is 3.66. The van der Waals surface area contributed by atoms with Crippen molar-refractivity contribution in [1.82, 2.24) is 4.90 Å². The van der Waals surface area contributed by atoms with Gasteiger partial charge in [-0.2, -0.15) is 0 Å². The van der Waals surface area contributed by atoms with E-state index in [1.165, 1.54) is 12.8 Å². The maximum Gasteiger partial charge on any atom is 0.191 e. The number of hydrogen-bond donors (Lipinski definition) is 1. The zero-order valence-corrected chi connectivity index (χ0v) is 8.79. The van der Waals surface area contributed by atoms with Gasteiger partial charge >= 0.3 is 0 Å². The highest BCUT2D eigenvalue weighted by Gasteiger charge is 2.24. The second-order valence-electron chi connectivity index (χ2n) is 3.72. The molecule has 2 N–H and O–H groups in total. The molecule has 3 nitrogen and oxygen atoms in total. The van der Waals surface area contributed by atoms with Gasteiger partial charge in [-0.25, -0.2) is 0 Å². The summed E-state index contributed by atoms with van der Waals surface area (Å²) < 4.78 is 0. The molecule has 0 unspecified atom stereocenters. The Morgan fingerprint density at radius 1 is 1.46 bits per heavy atom. The first-order valence-electron chi connectivity index (χ1n) is 5.32. The maximum absolute atomic E-state index is 5.87. The lowest BCUT2D eigenvalue weighted by Crippen LogP contribution is -2.38. The lowest BCUT2D eigenvalue weighted by Gasteiger charge is -2.21. The summed E-state index contributed by atoms with van der Waals surface area (Å²) in [5, 5.41) is 0. The van der Waals surface area contributed by atoms with Crippen molar-refractivity contribution in [2.45, 2.75) is 33.1 Å². The summed E-state index contributed by atoms with van der Waals surface area (Å²) in [5.74, 6) is 1.62. The van der Waals surface area contributed by atoms with Crippen molar-refractivity contribution in [2.24, 2.45) is 16.6 Å². The molecule has 0 radical (unpaired) electrons. The predicted molar refractivity (Wildman–Crippen MR) is 56.8 cm³/mol. The van der Waals surface area contributed by atoms with Gasteiger partial charge in [-0.1, -0.05) is 6.92 Å². The van der Waals surface area contributed by atoms with Gasteiger partial charge in [0.1, 0.15) is 0 Å². The second-order valence-corrected chi connectivity index (χ2v) is 3.72. The van der Waals surface area contributed by atoms with Crippen LogP contribution in [0.15, 0.2) is 4.99 Å². The van der Waals surface area contributed by atoms with Crippen molar-refractivity contribution in [2.75, 3.05) is 19.6 Å². The van der Waals surface area contributed by atoms with Crippen LogP contribution in [0, 0.1) is 5.92 Å². The molecule has 1 aliphatic rings. The molecule has 76 valence electrons. The van der Waals surface area contributed by atoms with Crippen LogP contribution in [-0.4, -0.2) is 30.5 Å². The van der Waals surface area contributed by atoms with E-state index in [-0.39, 0.29) is 0 Å². The summed E-state index contributed by atoms with van der Waals surface area (Å²) in [6, 6.07) is 0. The Morgan fingerprint density at radius 3 is 2.62 bits per heavy atom. The molecule has 0 aromatic carbocycles. The van der Waals surface area contributed by atoms with E-state index >= 15 is 0 Å². The zero-order chi connectivity index (χ0) is 9.68. The van der Waals surface area contributed by atoms with Crippen LogP contribution in [0.3, 0.4) is 0 Å². The van der Waals surface area contributed by atoms with Crippen LogP contribution in [-0.2, 0) is 0 Å². The first-order valence-corrected chi connectivity index (χ1v) is 5.32. The van der Waals surface area contributed by atoms with E-state index in [0.29, 0.717) is 0 Å². The molecule has 1 aliphatic carbocycles. The van der Waals surface area contributed by atoms with Crippen LogP contribution >= 0.6 is 0 Å². The lowest BCUT2D eigenvalue weighted by molar-refractivity contribution is 0.413. The number of nitrogens with two attached hydrogens (primary N) is 1. The van der Waals surface area contributed by atoms with Crippen LogP contribution in [0.4, 0.5) is 0 Å². The van der Waals surface area contributed by atoms with Crippen molar-refractivity contribution < 1.29 is 0 Å². The second kappa shape index (κ2) is 5.10. The van der Waals surface area contributed by atoms with E-state index in [4.69, 9.17) is 5.73 Å². The quantitative estimate of drug-likeness (QED) is 0.517. The SMILES string of the molecule is CCCN=C(N)N(CC)CC1CC1. The number of hydrogen-bond acceptors (Lipinski definition) is 1. The van der Waals surface area contributed by atoms with E-state index in [9.17, 15) is 0 Å². The molecular formula is C10H21N3. The molecule has 0 spiro atoms. The first-order chi connectivity index (χ1) is 6.27. The van der Waals surface area contributed by atoms with Crippen molar-refractivity contribution in [3.63, 3.8) is 0 Å². The fourth-order valence-corrected chi connectivity index (χ4v) is 1.32. The van der Waals surface area contributed by atoms with E-state index in [0.717, 1.165) is 37.9 Å². The fraction of sp³-hybridized carbons (Fsp3) is 0.900. The van der Waals surface area contributed by atoms with Crippen LogP contribution in [0.5, 0.6) is 0 Å². The molecule has 0 atom stereocenters. The molecule has 0 saturated heterocycles. The first kappa shape index (κ1) is 10.4. The number of rotatable bonds is 5. The average Bonchev–Trinajstić information content (AvgIpc) is 2.93. The minimum Gasteiger partial charge on any atom is -0.370 e. The molecule has 0 aromatic heterocycles. The summed E-state index contributed by atoms with van der Waals surface area (Å²) in [5.41, 5.74) is 5.87. The van der Waals surface area contributed by atoms with Gasteiger partial charge in [0.15, 0.2) is 5.96 Å². The Morgan fingerprint density at radius 2 is 2.15 bits per heavy atom. The largest absolute Gasteiger partial charge is 0.370 e. The van der Waals surface area contributed by atoms with Crippen LogP contribution in [0.2, 0.25) is 0 Å². The normalized spacial score (nSPS) is 17.5. The van der Waals surface area contributed by atoms with Crippen LogP contribution < -0.4 is 5.73 Å². The smallest absolute Gasteiger partial charge is 0.191 e. The highest BCUT2D eigenvalue weighted by molar-refractivity contribution is 5.78. The topological polar surface area (TPSA) is 41.6 Å². The van der Waals surface area contributed by atoms with Crippen molar-refractivity contribution in [3.05, 3.63) is 0 Å². The van der Waals surface area contributed by atoms with Crippen molar-refractivity contribution in [1.29, 1.82) is 0 Å². The lowest BCUT2D eigenvalue weighted by atomic mass is 10.4. The molecule has 0 amide bonds. The van der Waals surface area contributed by atoms with Crippen molar-refractivity contribution >= 4 is 5.96 Å². The zero-order valence-electron chi connectivity index (χ0n) is 8.79. The number of nitrogens with zero attached hydrogens (tertiary/aromatic N) is 2. The Bertz CT molecular complexity index is 173. The van der Waals surface area contributed by atoms with E-state index < -0.39 is 0 Å². The number of aliphatic imine (C=N–C) groups is 1. The molecule has 13 heavy (non-hydrogen) atoms. The van der Waals surface area contributed by atoms with Gasteiger partial charge in [0.25, 0.3) is 0 Å². The van der Waals surface area contributed by atoms with E-state index in [1.54, 1.807) is 0 Å². The Hall–Kier alpha value is -0.730. The minimum absolute atomic E-state index is 0.733. The van der Waals surface area contributed by atoms with Crippen molar-refractivity contribution in [3.8, 4) is 0 Å². The third-order valence-electron chi connectivity index (χ3n) is 2.38. The highest BCUT2D eigenvalue weighted by atomic mass is 15.2. The summed E-state index contributed by atoms with van der Waals surface area (Å²) in [6.45, 7) is 7.20. The Labute approximate surface area is 81.0 Å². The maximum atomic E-state index is 5.87. The van der Waals surface area contributed by atoms with Crippen LogP contribution in [0.1, 0.15) is 33.1 Å². The summed E-state index contributed by atoms with van der Waals surface area (Å²) in [6.07, 6.45) is 3.82. The summed E-state index contributed by atoms with van der Waals surface area (Å²) >= 11 is 0. The van der Waals surface area contributed by atoms with Gasteiger partial charge < -0.3 is 10.6 Å². The molecule has 1 saturated carbocycles. The van der Waals surface area contributed by atoms with Crippen LogP contribution in [0.25, 0.3) is 0 Å². The third-order valence-corrected chi connectivity index (χ3v) is 2.38. The Balaban J connectivity index is 2.33. The molecule has 1 rings (SSSR count). The Kier molecular flexibility index (Phi) is 4.06. The minimum atomic E-state index is 0.733. The van der Waals surface area contributed by atoms with Gasteiger partial charge in [0, 0.05) is 19.6 Å². The van der Waals surface area contributed by atoms with Gasteiger partial charge in [0.05, 0.1) is 0 Å². The molecular weight excluding hydrogens is 162 g/mol. The monoisotopic (exact) mass is 183 g/mol. The summed E-state index contributed by atoms with van der Waals surface area (Å²) in [4.78, 5) is 6.50. The van der Waals surface area contributed by atoms with E-state index in [2.05, 4.69) is 23.7 Å². The fourth-order valence-electron chi connectivity index (χ4n) is 1.32. The highest BCUT2D eigenvalue weighted by Crippen LogP contribution is 2.29. The number of guanidine groups is 1. The van der Waals surface area contributed by atoms with Gasteiger partial charge in [-0.05, 0) is 32.1 Å². The van der Waals surface area contributed by atoms with E-state index in [1.807, 2.05) is 0 Å². The van der Waals surface area contributed by atoms with Gasteiger partial charge in [0.2, 0.25) is 0 Å². The molecule has 0 bridgehead atoms. The summed E-state index contributed by atoms with van der Waals surface area (Å²) in [7, 11) is 0. The molecule has 0 aliphatic heterocycles. The molecule has 1 fully saturated rings. The van der Waals surface area contributed by atoms with Gasteiger partial charge in [-0.3, -0.25) is 4.99 Å². The standard InChI is InChI=1S/C10H21N3/c1-3-7-12-10(11)13(4-2)8-9-5-6-9/h9H,3-8H2,1-2H3,(H2,11,12). The average molecular weight is 183 g/mol. The van der Waals surface area contributed by atoms with Gasteiger partial charge in [-0.15, -0.1) is 0 Å². The molecule has 0 heterocycles. The molecule has 3 heteroatoms.